The van der Waals surface area contributed by atoms with Crippen molar-refractivity contribution in [1.82, 2.24) is 19.9 Å². The molecule has 0 aliphatic heterocycles. The van der Waals surface area contributed by atoms with Crippen molar-refractivity contribution in [3.8, 4) is 0 Å². The van der Waals surface area contributed by atoms with E-state index in [0.29, 0.717) is 39.0 Å². The van der Waals surface area contributed by atoms with Crippen LogP contribution in [0.5, 0.6) is 0 Å². The second-order valence-corrected chi connectivity index (χ2v) is 10.6. The first-order valence-electron chi connectivity index (χ1n) is 11.8. The van der Waals surface area contributed by atoms with Crippen LogP contribution < -0.4 is 10.9 Å². The number of nitrogens with zero attached hydrogens (tertiary/aromatic N) is 3. The van der Waals surface area contributed by atoms with Gasteiger partial charge < -0.3 is 24.0 Å². The zero-order valence-electron chi connectivity index (χ0n) is 20.7. The highest BCUT2D eigenvalue weighted by Gasteiger charge is 2.29. The van der Waals surface area contributed by atoms with Crippen molar-refractivity contribution in [3.05, 3.63) is 39.3 Å². The number of hydrogen-bond donors (Lipinski definition) is 1. The largest absolute Gasteiger partial charge is 0.444 e. The monoisotopic (exact) mass is 502 g/mol. The van der Waals surface area contributed by atoms with Crippen molar-refractivity contribution in [3.63, 3.8) is 0 Å². The number of aromatic nitrogens is 2. The van der Waals surface area contributed by atoms with Crippen molar-refractivity contribution in [2.45, 2.75) is 71.1 Å². The molecule has 2 heterocycles. The Hall–Kier alpha value is -3.07. The van der Waals surface area contributed by atoms with Crippen LogP contribution in [0.1, 0.15) is 58.3 Å². The Morgan fingerprint density at radius 2 is 2.03 bits per heavy atom. The summed E-state index contributed by atoms with van der Waals surface area (Å²) in [5.74, 6) is 0.181. The van der Waals surface area contributed by atoms with E-state index in [1.54, 1.807) is 38.3 Å². The van der Waals surface area contributed by atoms with Gasteiger partial charge in [0.1, 0.15) is 28.8 Å². The maximum absolute atomic E-state index is 13.6. The summed E-state index contributed by atoms with van der Waals surface area (Å²) < 4.78 is 12.4. The van der Waals surface area contributed by atoms with E-state index in [2.05, 4.69) is 10.5 Å². The summed E-state index contributed by atoms with van der Waals surface area (Å²) in [5, 5.41) is 8.74. The van der Waals surface area contributed by atoms with Crippen molar-refractivity contribution >= 4 is 45.4 Å². The van der Waals surface area contributed by atoms with Gasteiger partial charge >= 0.3 is 6.09 Å². The van der Waals surface area contributed by atoms with Gasteiger partial charge in [-0.15, -0.1) is 0 Å². The number of halogens is 1. The smallest absolute Gasteiger partial charge is 0.410 e. The Kier molecular flexibility index (Phi) is 6.81. The number of rotatable bonds is 4. The Bertz CT molecular complexity index is 1340. The van der Waals surface area contributed by atoms with Gasteiger partial charge in [0.15, 0.2) is 0 Å². The molecule has 1 fully saturated rings. The second kappa shape index (κ2) is 9.53. The highest BCUT2D eigenvalue weighted by atomic mass is 35.5. The Labute approximate surface area is 208 Å². The first kappa shape index (κ1) is 25.0. The van der Waals surface area contributed by atoms with E-state index in [1.807, 2.05) is 12.1 Å². The Balaban J connectivity index is 1.56. The van der Waals surface area contributed by atoms with Crippen LogP contribution in [-0.2, 0) is 9.53 Å². The fraction of sp³-hybridized carbons (Fsp3) is 0.520. The molecule has 3 aromatic rings. The number of benzene rings is 1. The number of nitrogens with one attached hydrogen (secondary N) is 1. The average Bonchev–Trinajstić information content (AvgIpc) is 3.14. The van der Waals surface area contributed by atoms with Gasteiger partial charge in [0.25, 0.3) is 5.56 Å². The molecular formula is C25H31ClN4O5. The van der Waals surface area contributed by atoms with E-state index in [0.717, 1.165) is 19.3 Å². The summed E-state index contributed by atoms with van der Waals surface area (Å²) in [5.41, 5.74) is 0.358. The molecule has 0 saturated heterocycles. The maximum Gasteiger partial charge on any atom is 0.410 e. The lowest BCUT2D eigenvalue weighted by atomic mass is 9.90. The molecule has 10 heteroatoms. The molecular weight excluding hydrogens is 472 g/mol. The topological polar surface area (TPSA) is 107 Å². The van der Waals surface area contributed by atoms with Gasteiger partial charge in [0, 0.05) is 24.5 Å². The number of aryl methyl sites for hydroxylation is 1. The quantitative estimate of drug-likeness (QED) is 0.560. The molecule has 2 atom stereocenters. The minimum atomic E-state index is -0.638. The molecule has 1 aliphatic rings. The highest BCUT2D eigenvalue weighted by Crippen LogP contribution is 2.35. The van der Waals surface area contributed by atoms with Crippen LogP contribution in [-0.4, -0.2) is 51.9 Å². The molecule has 1 saturated carbocycles. The molecule has 0 bridgehead atoms. The second-order valence-electron chi connectivity index (χ2n) is 10.2. The molecule has 0 spiro atoms. The predicted octanol–water partition coefficient (Wildman–Crippen LogP) is 4.57. The number of carbonyl (C=O) groups excluding carboxylic acids is 2. The third-order valence-electron chi connectivity index (χ3n) is 6.25. The Morgan fingerprint density at radius 3 is 2.74 bits per heavy atom. The summed E-state index contributed by atoms with van der Waals surface area (Å²) >= 11 is 6.52. The average molecular weight is 503 g/mol. The molecule has 4 rings (SSSR count). The third-order valence-corrected chi connectivity index (χ3v) is 6.56. The van der Waals surface area contributed by atoms with Crippen molar-refractivity contribution in [1.29, 1.82) is 0 Å². The van der Waals surface area contributed by atoms with E-state index >= 15 is 0 Å². The third kappa shape index (κ3) is 5.15. The lowest BCUT2D eigenvalue weighted by molar-refractivity contribution is -0.123. The highest BCUT2D eigenvalue weighted by molar-refractivity contribution is 6.37. The molecule has 35 heavy (non-hydrogen) atoms. The van der Waals surface area contributed by atoms with Crippen LogP contribution >= 0.6 is 11.6 Å². The zero-order chi connectivity index (χ0) is 25.5. The van der Waals surface area contributed by atoms with Crippen LogP contribution in [0.3, 0.4) is 0 Å². The van der Waals surface area contributed by atoms with Gasteiger partial charge in [-0.2, -0.15) is 0 Å². The molecule has 0 radical (unpaired) electrons. The van der Waals surface area contributed by atoms with Gasteiger partial charge in [-0.25, -0.2) is 4.79 Å². The van der Waals surface area contributed by atoms with Crippen LogP contribution in [0.4, 0.5) is 4.79 Å². The summed E-state index contributed by atoms with van der Waals surface area (Å²) in [6.45, 7) is 6.93. The molecule has 2 unspecified atom stereocenters. The van der Waals surface area contributed by atoms with Crippen LogP contribution in [0.25, 0.3) is 21.8 Å². The maximum atomic E-state index is 13.6. The molecule has 9 nitrogen and oxygen atoms in total. The number of carbonyl (C=O) groups is 2. The summed E-state index contributed by atoms with van der Waals surface area (Å²) in [6.07, 6.45) is 2.45. The number of likely N-dealkylation sites (N-methyl/N-ethyl adjacent to an activating group) is 1. The minimum absolute atomic E-state index is 0.111. The van der Waals surface area contributed by atoms with Gasteiger partial charge in [0.2, 0.25) is 5.91 Å². The van der Waals surface area contributed by atoms with Crippen molar-refractivity contribution in [2.24, 2.45) is 0 Å². The lowest BCUT2D eigenvalue weighted by Gasteiger charge is -2.32. The van der Waals surface area contributed by atoms with E-state index in [9.17, 15) is 14.4 Å². The molecule has 1 N–H and O–H groups in total. The van der Waals surface area contributed by atoms with Gasteiger partial charge in [-0.1, -0.05) is 22.8 Å². The van der Waals surface area contributed by atoms with Crippen LogP contribution in [0.15, 0.2) is 27.5 Å². The standard InChI is InChI=1S/C25H31ClN4O5/c1-14-20-22(28-35-14)21-17(26)10-7-11-18(21)30(23(20)32)16-9-6-8-15(12-16)27-19(31)13-29(5)24(33)34-25(2,3)4/h7,10-11,15-16H,6,8-9,12-13H2,1-5H3,(H,27,31). The predicted molar refractivity (Wildman–Crippen MR) is 134 cm³/mol. The van der Waals surface area contributed by atoms with Crippen molar-refractivity contribution in [2.75, 3.05) is 13.6 Å². The van der Waals surface area contributed by atoms with E-state index in [-0.39, 0.29) is 30.1 Å². The number of pyridine rings is 1. The summed E-state index contributed by atoms with van der Waals surface area (Å²) in [4.78, 5) is 39.7. The zero-order valence-corrected chi connectivity index (χ0v) is 21.4. The number of ether oxygens (including phenoxy) is 1. The lowest BCUT2D eigenvalue weighted by Crippen LogP contribution is -2.46. The van der Waals surface area contributed by atoms with Gasteiger partial charge in [-0.05, 0) is 65.5 Å². The first-order valence-corrected chi connectivity index (χ1v) is 12.2. The van der Waals surface area contributed by atoms with E-state index in [1.165, 1.54) is 11.9 Å². The Morgan fingerprint density at radius 1 is 1.29 bits per heavy atom. The SMILES string of the molecule is Cc1onc2c1c(=O)n(C1CCCC(NC(=O)CN(C)C(=O)OC(C)(C)C)C1)c1cccc(Cl)c21. The molecule has 2 amide bonds. The molecule has 2 aromatic heterocycles. The van der Waals surface area contributed by atoms with Crippen LogP contribution in [0, 0.1) is 6.92 Å². The van der Waals surface area contributed by atoms with Gasteiger partial charge in [0.05, 0.1) is 10.5 Å². The van der Waals surface area contributed by atoms with E-state index in [4.69, 9.17) is 20.9 Å². The number of amides is 2. The summed E-state index contributed by atoms with van der Waals surface area (Å²) in [6, 6.07) is 5.18. The first-order chi connectivity index (χ1) is 16.5. The van der Waals surface area contributed by atoms with Crippen LogP contribution in [0.2, 0.25) is 5.02 Å². The normalized spacial score (nSPS) is 18.6. The van der Waals surface area contributed by atoms with Crippen molar-refractivity contribution < 1.29 is 18.8 Å². The number of fused-ring (bicyclic) bond motifs is 3. The van der Waals surface area contributed by atoms with Gasteiger partial charge in [-0.3, -0.25) is 9.59 Å². The van der Waals surface area contributed by atoms with E-state index < -0.39 is 11.7 Å². The minimum Gasteiger partial charge on any atom is -0.444 e. The molecule has 1 aromatic carbocycles. The number of hydrogen-bond acceptors (Lipinski definition) is 6. The fourth-order valence-corrected chi connectivity index (χ4v) is 5.02. The molecule has 188 valence electrons. The fourth-order valence-electron chi connectivity index (χ4n) is 4.76. The molecule has 1 aliphatic carbocycles. The summed E-state index contributed by atoms with van der Waals surface area (Å²) in [7, 11) is 1.53.